The minimum atomic E-state index is -0.0911. The molecule has 0 aliphatic heterocycles. The van der Waals surface area contributed by atoms with Crippen LogP contribution in [0.25, 0.3) is 10.1 Å². The van der Waals surface area contributed by atoms with Crippen LogP contribution in [0.3, 0.4) is 0 Å². The van der Waals surface area contributed by atoms with Crippen LogP contribution in [0, 0.1) is 6.92 Å². The van der Waals surface area contributed by atoms with Gasteiger partial charge in [-0.3, -0.25) is 4.79 Å². The molecule has 0 unspecified atom stereocenters. The third kappa shape index (κ3) is 2.26. The number of carbonyl (C=O) groups excluding carboxylic acids is 1. The molecule has 0 atom stereocenters. The minimum absolute atomic E-state index is 0.0911. The number of nitrogen functional groups attached to an aromatic ring is 1. The molecule has 4 heteroatoms. The molecule has 0 saturated carbocycles. The molecule has 3 aromatic rings. The Balaban J connectivity index is 1.91. The van der Waals surface area contributed by atoms with Crippen LogP contribution in [0.2, 0.25) is 0 Å². The summed E-state index contributed by atoms with van der Waals surface area (Å²) >= 11 is 1.58. The van der Waals surface area contributed by atoms with Crippen molar-refractivity contribution in [1.82, 2.24) is 0 Å². The van der Waals surface area contributed by atoms with Crippen LogP contribution in [-0.2, 0) is 0 Å². The van der Waals surface area contributed by atoms with E-state index in [0.717, 1.165) is 27.0 Å². The third-order valence-electron chi connectivity index (χ3n) is 3.25. The van der Waals surface area contributed by atoms with Crippen molar-refractivity contribution in [1.29, 1.82) is 0 Å². The Morgan fingerprint density at radius 1 is 1.20 bits per heavy atom. The molecule has 3 N–H and O–H groups in total. The number of rotatable bonds is 2. The molecule has 0 spiro atoms. The molecule has 0 fully saturated rings. The molecule has 0 aliphatic rings. The van der Waals surface area contributed by atoms with Crippen LogP contribution in [-0.4, -0.2) is 5.91 Å². The van der Waals surface area contributed by atoms with Gasteiger partial charge in [0.2, 0.25) is 0 Å². The Morgan fingerprint density at radius 2 is 2.00 bits per heavy atom. The van der Waals surface area contributed by atoms with Crippen LogP contribution < -0.4 is 11.1 Å². The number of amides is 1. The second-order valence-corrected chi connectivity index (χ2v) is 5.58. The molecular weight excluding hydrogens is 268 g/mol. The van der Waals surface area contributed by atoms with Gasteiger partial charge >= 0.3 is 0 Å². The fraction of sp³-hybridized carbons (Fsp3) is 0.0625. The molecule has 3 nitrogen and oxygen atoms in total. The standard InChI is InChI=1S/C16H14N2OS/c1-10-8-11(6-7-14(10)17)18-16(19)13-9-20-15-5-3-2-4-12(13)15/h2-9H,17H2,1H3,(H,18,19). The van der Waals surface area contributed by atoms with Gasteiger partial charge in [-0.15, -0.1) is 11.3 Å². The number of carbonyl (C=O) groups is 1. The molecular formula is C16H14N2OS. The summed E-state index contributed by atoms with van der Waals surface area (Å²) in [6.45, 7) is 1.92. The van der Waals surface area contributed by atoms with Gasteiger partial charge in [-0.2, -0.15) is 0 Å². The average Bonchev–Trinajstić information content (AvgIpc) is 2.87. The molecule has 2 aromatic carbocycles. The number of fused-ring (bicyclic) bond motifs is 1. The highest BCUT2D eigenvalue weighted by Crippen LogP contribution is 2.26. The van der Waals surface area contributed by atoms with Crippen molar-refractivity contribution < 1.29 is 4.79 Å². The van der Waals surface area contributed by atoms with Crippen LogP contribution in [0.5, 0.6) is 0 Å². The van der Waals surface area contributed by atoms with E-state index in [1.165, 1.54) is 0 Å². The highest BCUT2D eigenvalue weighted by Gasteiger charge is 2.12. The largest absolute Gasteiger partial charge is 0.399 e. The zero-order valence-corrected chi connectivity index (χ0v) is 11.8. The first-order valence-electron chi connectivity index (χ1n) is 6.29. The first-order valence-corrected chi connectivity index (χ1v) is 7.17. The Kier molecular flexibility index (Phi) is 3.16. The molecule has 0 radical (unpaired) electrons. The minimum Gasteiger partial charge on any atom is -0.399 e. The molecule has 3 rings (SSSR count). The molecule has 1 aromatic heterocycles. The van der Waals surface area contributed by atoms with Gasteiger partial charge in [-0.1, -0.05) is 18.2 Å². The fourth-order valence-electron chi connectivity index (χ4n) is 2.11. The highest BCUT2D eigenvalue weighted by atomic mass is 32.1. The van der Waals surface area contributed by atoms with E-state index in [0.29, 0.717) is 5.56 Å². The number of hydrogen-bond donors (Lipinski definition) is 2. The number of hydrogen-bond acceptors (Lipinski definition) is 3. The summed E-state index contributed by atoms with van der Waals surface area (Å²) in [5.41, 5.74) is 8.93. The normalized spacial score (nSPS) is 10.7. The Hall–Kier alpha value is -2.33. The van der Waals surface area contributed by atoms with Crippen LogP contribution >= 0.6 is 11.3 Å². The second-order valence-electron chi connectivity index (χ2n) is 4.67. The summed E-state index contributed by atoms with van der Waals surface area (Å²) in [5.74, 6) is -0.0911. The lowest BCUT2D eigenvalue weighted by molar-refractivity contribution is 0.102. The van der Waals surface area contributed by atoms with Gasteiger partial charge in [-0.05, 0) is 36.8 Å². The van der Waals surface area contributed by atoms with E-state index in [9.17, 15) is 4.79 Å². The molecule has 20 heavy (non-hydrogen) atoms. The Bertz CT molecular complexity index is 792. The van der Waals surface area contributed by atoms with Gasteiger partial charge in [0.1, 0.15) is 0 Å². The van der Waals surface area contributed by atoms with Crippen molar-refractivity contribution in [3.8, 4) is 0 Å². The number of thiophene rings is 1. The van der Waals surface area contributed by atoms with E-state index in [1.807, 2.05) is 48.7 Å². The van der Waals surface area contributed by atoms with E-state index in [2.05, 4.69) is 5.32 Å². The van der Waals surface area contributed by atoms with Gasteiger partial charge in [-0.25, -0.2) is 0 Å². The number of nitrogens with two attached hydrogens (primary N) is 1. The van der Waals surface area contributed by atoms with Crippen molar-refractivity contribution in [2.24, 2.45) is 0 Å². The summed E-state index contributed by atoms with van der Waals surface area (Å²) in [5, 5.41) is 5.80. The smallest absolute Gasteiger partial charge is 0.257 e. The van der Waals surface area contributed by atoms with Crippen molar-refractivity contribution in [2.75, 3.05) is 11.1 Å². The summed E-state index contributed by atoms with van der Waals surface area (Å²) in [6, 6.07) is 13.4. The zero-order chi connectivity index (χ0) is 14.1. The zero-order valence-electron chi connectivity index (χ0n) is 11.0. The van der Waals surface area contributed by atoms with Crippen LogP contribution in [0.1, 0.15) is 15.9 Å². The topological polar surface area (TPSA) is 55.1 Å². The number of aryl methyl sites for hydroxylation is 1. The Morgan fingerprint density at radius 3 is 2.80 bits per heavy atom. The van der Waals surface area contributed by atoms with Crippen molar-refractivity contribution in [3.05, 3.63) is 59.0 Å². The number of nitrogens with one attached hydrogen (secondary N) is 1. The quantitative estimate of drug-likeness (QED) is 0.697. The fourth-order valence-corrected chi connectivity index (χ4v) is 3.05. The van der Waals surface area contributed by atoms with Crippen molar-refractivity contribution >= 4 is 38.7 Å². The van der Waals surface area contributed by atoms with E-state index in [-0.39, 0.29) is 5.91 Å². The maximum absolute atomic E-state index is 12.3. The van der Waals surface area contributed by atoms with Gasteiger partial charge in [0.15, 0.2) is 0 Å². The lowest BCUT2D eigenvalue weighted by Crippen LogP contribution is -2.11. The lowest BCUT2D eigenvalue weighted by atomic mass is 10.1. The predicted molar refractivity (Wildman–Crippen MR) is 85.4 cm³/mol. The van der Waals surface area contributed by atoms with E-state index in [1.54, 1.807) is 17.4 Å². The van der Waals surface area contributed by atoms with Gasteiger partial charge in [0.25, 0.3) is 5.91 Å². The molecule has 1 amide bonds. The lowest BCUT2D eigenvalue weighted by Gasteiger charge is -2.07. The summed E-state index contributed by atoms with van der Waals surface area (Å²) in [4.78, 5) is 12.3. The van der Waals surface area contributed by atoms with Crippen LogP contribution in [0.4, 0.5) is 11.4 Å². The maximum Gasteiger partial charge on any atom is 0.257 e. The second kappa shape index (κ2) is 4.98. The summed E-state index contributed by atoms with van der Waals surface area (Å²) in [6.07, 6.45) is 0. The third-order valence-corrected chi connectivity index (χ3v) is 4.22. The molecule has 0 bridgehead atoms. The van der Waals surface area contributed by atoms with Gasteiger partial charge in [0, 0.05) is 26.8 Å². The van der Waals surface area contributed by atoms with Gasteiger partial charge < -0.3 is 11.1 Å². The number of benzene rings is 2. The highest BCUT2D eigenvalue weighted by molar-refractivity contribution is 7.17. The average molecular weight is 282 g/mol. The SMILES string of the molecule is Cc1cc(NC(=O)c2csc3ccccc23)ccc1N. The Labute approximate surface area is 121 Å². The van der Waals surface area contributed by atoms with E-state index >= 15 is 0 Å². The molecule has 0 aliphatic carbocycles. The number of anilines is 2. The van der Waals surface area contributed by atoms with E-state index in [4.69, 9.17) is 5.73 Å². The van der Waals surface area contributed by atoms with E-state index < -0.39 is 0 Å². The molecule has 100 valence electrons. The molecule has 1 heterocycles. The monoisotopic (exact) mass is 282 g/mol. The predicted octanol–water partition coefficient (Wildman–Crippen LogP) is 4.04. The van der Waals surface area contributed by atoms with Crippen LogP contribution in [0.15, 0.2) is 47.8 Å². The molecule has 0 saturated heterocycles. The first kappa shape index (κ1) is 12.7. The van der Waals surface area contributed by atoms with Gasteiger partial charge in [0.05, 0.1) is 5.56 Å². The van der Waals surface area contributed by atoms with Crippen molar-refractivity contribution in [2.45, 2.75) is 6.92 Å². The summed E-state index contributed by atoms with van der Waals surface area (Å²) < 4.78 is 1.12. The van der Waals surface area contributed by atoms with Crippen molar-refractivity contribution in [3.63, 3.8) is 0 Å². The first-order chi connectivity index (χ1) is 9.65. The maximum atomic E-state index is 12.3. The summed E-state index contributed by atoms with van der Waals surface area (Å²) in [7, 11) is 0.